The van der Waals surface area contributed by atoms with Crippen molar-refractivity contribution in [2.75, 3.05) is 13.1 Å². The minimum atomic E-state index is 0.996. The van der Waals surface area contributed by atoms with E-state index in [1.807, 2.05) is 0 Å². The molecular weight excluding hydrogens is 158 g/mol. The highest BCUT2D eigenvalue weighted by molar-refractivity contribution is 4.67. The molecule has 0 unspecified atom stereocenters. The Morgan fingerprint density at radius 3 is 2.54 bits per heavy atom. The van der Waals surface area contributed by atoms with Crippen molar-refractivity contribution in [1.82, 2.24) is 5.32 Å². The van der Waals surface area contributed by atoms with Gasteiger partial charge in [-0.05, 0) is 38.3 Å². The molecule has 78 valence electrons. The van der Waals surface area contributed by atoms with Crippen LogP contribution in [0.2, 0.25) is 0 Å². The van der Waals surface area contributed by atoms with E-state index in [-0.39, 0.29) is 0 Å². The molecule has 1 fully saturated rings. The van der Waals surface area contributed by atoms with Gasteiger partial charge in [0.1, 0.15) is 0 Å². The van der Waals surface area contributed by atoms with E-state index in [4.69, 9.17) is 0 Å². The standard InChI is InChI=1S/C12H25N/c1-2-3-7-10-13-11-12-8-5-4-6-9-12/h12-13H,2-11H2,1H3. The van der Waals surface area contributed by atoms with Crippen LogP contribution in [0.1, 0.15) is 58.3 Å². The molecule has 1 rings (SSSR count). The Morgan fingerprint density at radius 1 is 1.08 bits per heavy atom. The quantitative estimate of drug-likeness (QED) is 0.623. The predicted molar refractivity (Wildman–Crippen MR) is 59.0 cm³/mol. The lowest BCUT2D eigenvalue weighted by molar-refractivity contribution is 0.341. The fourth-order valence-corrected chi connectivity index (χ4v) is 2.20. The average Bonchev–Trinajstić information content (AvgIpc) is 2.19. The summed E-state index contributed by atoms with van der Waals surface area (Å²) < 4.78 is 0. The van der Waals surface area contributed by atoms with E-state index in [1.165, 1.54) is 64.5 Å². The van der Waals surface area contributed by atoms with Crippen LogP contribution in [0.15, 0.2) is 0 Å². The van der Waals surface area contributed by atoms with Crippen molar-refractivity contribution in [1.29, 1.82) is 0 Å². The van der Waals surface area contributed by atoms with Gasteiger partial charge in [-0.1, -0.05) is 39.0 Å². The summed E-state index contributed by atoms with van der Waals surface area (Å²) in [5.74, 6) is 0.996. The highest BCUT2D eigenvalue weighted by atomic mass is 14.9. The van der Waals surface area contributed by atoms with E-state index in [0.29, 0.717) is 0 Å². The van der Waals surface area contributed by atoms with Crippen molar-refractivity contribution in [2.24, 2.45) is 5.92 Å². The lowest BCUT2D eigenvalue weighted by Crippen LogP contribution is -2.25. The summed E-state index contributed by atoms with van der Waals surface area (Å²) in [6, 6.07) is 0. The Balaban J connectivity index is 1.86. The van der Waals surface area contributed by atoms with E-state index in [1.54, 1.807) is 0 Å². The molecule has 0 aromatic rings. The molecule has 1 N–H and O–H groups in total. The van der Waals surface area contributed by atoms with Crippen LogP contribution in [0.25, 0.3) is 0 Å². The van der Waals surface area contributed by atoms with Crippen LogP contribution in [-0.4, -0.2) is 13.1 Å². The summed E-state index contributed by atoms with van der Waals surface area (Å²) in [5, 5.41) is 3.59. The molecule has 0 aromatic carbocycles. The summed E-state index contributed by atoms with van der Waals surface area (Å²) in [6.07, 6.45) is 11.5. The molecule has 13 heavy (non-hydrogen) atoms. The molecule has 0 amide bonds. The van der Waals surface area contributed by atoms with Crippen molar-refractivity contribution in [3.8, 4) is 0 Å². The van der Waals surface area contributed by atoms with Gasteiger partial charge in [-0.2, -0.15) is 0 Å². The summed E-state index contributed by atoms with van der Waals surface area (Å²) >= 11 is 0. The highest BCUT2D eigenvalue weighted by Gasteiger charge is 2.11. The van der Waals surface area contributed by atoms with Crippen LogP contribution in [0, 0.1) is 5.92 Å². The summed E-state index contributed by atoms with van der Waals surface area (Å²) in [7, 11) is 0. The normalized spacial score (nSPS) is 19.2. The maximum atomic E-state index is 3.59. The van der Waals surface area contributed by atoms with Gasteiger partial charge in [0.2, 0.25) is 0 Å². The molecule has 0 bridgehead atoms. The van der Waals surface area contributed by atoms with Gasteiger partial charge in [-0.15, -0.1) is 0 Å². The van der Waals surface area contributed by atoms with Crippen LogP contribution in [0.3, 0.4) is 0 Å². The Labute approximate surface area is 83.3 Å². The van der Waals surface area contributed by atoms with Crippen LogP contribution in [0.4, 0.5) is 0 Å². The van der Waals surface area contributed by atoms with Gasteiger partial charge in [0.05, 0.1) is 0 Å². The second-order valence-electron chi connectivity index (χ2n) is 4.42. The molecule has 0 atom stereocenters. The SMILES string of the molecule is CCCCCNCC1CCCCC1. The number of unbranched alkanes of at least 4 members (excludes halogenated alkanes) is 2. The molecule has 1 nitrogen and oxygen atoms in total. The molecule has 1 aliphatic carbocycles. The summed E-state index contributed by atoms with van der Waals surface area (Å²) in [5.41, 5.74) is 0. The maximum Gasteiger partial charge on any atom is -0.00205 e. The second kappa shape index (κ2) is 7.37. The zero-order valence-corrected chi connectivity index (χ0v) is 9.15. The third kappa shape index (κ3) is 5.30. The second-order valence-corrected chi connectivity index (χ2v) is 4.42. The third-order valence-corrected chi connectivity index (χ3v) is 3.11. The molecule has 0 radical (unpaired) electrons. The summed E-state index contributed by atoms with van der Waals surface area (Å²) in [6.45, 7) is 4.79. The van der Waals surface area contributed by atoms with E-state index in [0.717, 1.165) is 5.92 Å². The summed E-state index contributed by atoms with van der Waals surface area (Å²) in [4.78, 5) is 0. The first kappa shape index (κ1) is 11.0. The first-order chi connectivity index (χ1) is 6.43. The lowest BCUT2D eigenvalue weighted by atomic mass is 9.89. The Hall–Kier alpha value is -0.0400. The van der Waals surface area contributed by atoms with Crippen LogP contribution >= 0.6 is 0 Å². The van der Waals surface area contributed by atoms with Crippen molar-refractivity contribution < 1.29 is 0 Å². The molecular formula is C12H25N. The molecule has 1 saturated carbocycles. The van der Waals surface area contributed by atoms with Crippen LogP contribution in [-0.2, 0) is 0 Å². The third-order valence-electron chi connectivity index (χ3n) is 3.11. The number of hydrogen-bond acceptors (Lipinski definition) is 1. The van der Waals surface area contributed by atoms with Gasteiger partial charge in [0, 0.05) is 0 Å². The van der Waals surface area contributed by atoms with Gasteiger partial charge in [-0.25, -0.2) is 0 Å². The van der Waals surface area contributed by atoms with Gasteiger partial charge < -0.3 is 5.32 Å². The number of hydrogen-bond donors (Lipinski definition) is 1. The smallest absolute Gasteiger partial charge is 0.00205 e. The number of rotatable bonds is 6. The molecule has 0 aliphatic heterocycles. The minimum absolute atomic E-state index is 0.996. The zero-order chi connectivity index (χ0) is 9.36. The Morgan fingerprint density at radius 2 is 1.85 bits per heavy atom. The highest BCUT2D eigenvalue weighted by Crippen LogP contribution is 2.22. The molecule has 0 heterocycles. The van der Waals surface area contributed by atoms with E-state index < -0.39 is 0 Å². The zero-order valence-electron chi connectivity index (χ0n) is 9.15. The molecule has 1 aliphatic rings. The first-order valence-electron chi connectivity index (χ1n) is 6.14. The molecule has 0 aromatic heterocycles. The Kier molecular flexibility index (Phi) is 6.26. The first-order valence-corrected chi connectivity index (χ1v) is 6.14. The molecule has 0 saturated heterocycles. The predicted octanol–water partition coefficient (Wildman–Crippen LogP) is 3.35. The average molecular weight is 183 g/mol. The fraction of sp³-hybridized carbons (Fsp3) is 1.00. The van der Waals surface area contributed by atoms with E-state index >= 15 is 0 Å². The topological polar surface area (TPSA) is 12.0 Å². The molecule has 1 heteroatoms. The Bertz CT molecular complexity index is 106. The monoisotopic (exact) mass is 183 g/mol. The largest absolute Gasteiger partial charge is 0.316 e. The molecule has 0 spiro atoms. The minimum Gasteiger partial charge on any atom is -0.316 e. The van der Waals surface area contributed by atoms with Gasteiger partial charge in [0.25, 0.3) is 0 Å². The van der Waals surface area contributed by atoms with Crippen molar-refractivity contribution in [3.63, 3.8) is 0 Å². The van der Waals surface area contributed by atoms with Crippen molar-refractivity contribution in [2.45, 2.75) is 58.3 Å². The van der Waals surface area contributed by atoms with Gasteiger partial charge in [-0.3, -0.25) is 0 Å². The number of nitrogens with one attached hydrogen (secondary N) is 1. The fourth-order valence-electron chi connectivity index (χ4n) is 2.20. The lowest BCUT2D eigenvalue weighted by Gasteiger charge is -2.21. The maximum absolute atomic E-state index is 3.59. The van der Waals surface area contributed by atoms with Gasteiger partial charge >= 0.3 is 0 Å². The van der Waals surface area contributed by atoms with E-state index in [9.17, 15) is 0 Å². The van der Waals surface area contributed by atoms with E-state index in [2.05, 4.69) is 12.2 Å². The van der Waals surface area contributed by atoms with Crippen molar-refractivity contribution >= 4 is 0 Å². The van der Waals surface area contributed by atoms with Gasteiger partial charge in [0.15, 0.2) is 0 Å². The van der Waals surface area contributed by atoms with Crippen LogP contribution in [0.5, 0.6) is 0 Å². The van der Waals surface area contributed by atoms with Crippen LogP contribution < -0.4 is 5.32 Å². The van der Waals surface area contributed by atoms with Crippen molar-refractivity contribution in [3.05, 3.63) is 0 Å².